The lowest BCUT2D eigenvalue weighted by Crippen LogP contribution is -2.31. The van der Waals surface area contributed by atoms with Gasteiger partial charge in [-0.15, -0.1) is 0 Å². The molecule has 2 atom stereocenters. The first-order valence-corrected chi connectivity index (χ1v) is 7.11. The number of hydrogen-bond acceptors (Lipinski definition) is 3. The highest BCUT2D eigenvalue weighted by Crippen LogP contribution is 2.34. The smallest absolute Gasteiger partial charge is 0.341 e. The van der Waals surface area contributed by atoms with Crippen molar-refractivity contribution >= 4 is 17.7 Å². The molecule has 0 bridgehead atoms. The number of aliphatic carboxylic acids is 1. The number of carbonyl (C=O) groups is 2. The van der Waals surface area contributed by atoms with Crippen molar-refractivity contribution in [2.24, 2.45) is 5.92 Å². The van der Waals surface area contributed by atoms with Gasteiger partial charge in [0.05, 0.1) is 5.69 Å². The zero-order chi connectivity index (χ0) is 15.2. The van der Waals surface area contributed by atoms with Crippen molar-refractivity contribution in [3.63, 3.8) is 0 Å². The fraction of sp³-hybridized carbons (Fsp3) is 0.467. The molecule has 0 spiro atoms. The molecule has 1 aromatic carbocycles. The zero-order valence-corrected chi connectivity index (χ0v) is 12.0. The van der Waals surface area contributed by atoms with Crippen LogP contribution in [0.3, 0.4) is 0 Å². The van der Waals surface area contributed by atoms with Crippen molar-refractivity contribution in [3.05, 3.63) is 24.3 Å². The van der Waals surface area contributed by atoms with Crippen molar-refractivity contribution in [2.75, 3.05) is 11.9 Å². The lowest BCUT2D eigenvalue weighted by atomic mass is 10.2. The van der Waals surface area contributed by atoms with E-state index < -0.39 is 12.6 Å². The number of benzene rings is 1. The van der Waals surface area contributed by atoms with Crippen LogP contribution in [0.1, 0.15) is 26.2 Å². The molecule has 21 heavy (non-hydrogen) atoms. The fourth-order valence-electron chi connectivity index (χ4n) is 2.28. The Morgan fingerprint density at radius 3 is 2.86 bits per heavy atom. The van der Waals surface area contributed by atoms with Crippen molar-refractivity contribution in [3.8, 4) is 5.75 Å². The van der Waals surface area contributed by atoms with Crippen LogP contribution in [0.15, 0.2) is 24.3 Å². The number of carbonyl (C=O) groups excluding carboxylic acids is 1. The first kappa shape index (κ1) is 15.2. The summed E-state index contributed by atoms with van der Waals surface area (Å²) in [5, 5.41) is 14.2. The number of carboxylic acid groups (broad SMARTS) is 1. The average molecular weight is 292 g/mol. The van der Waals surface area contributed by atoms with Crippen molar-refractivity contribution in [2.45, 2.75) is 32.2 Å². The second-order valence-electron chi connectivity index (χ2n) is 5.17. The van der Waals surface area contributed by atoms with E-state index in [-0.39, 0.29) is 12.1 Å². The van der Waals surface area contributed by atoms with Crippen LogP contribution in [0.4, 0.5) is 10.5 Å². The van der Waals surface area contributed by atoms with Crippen LogP contribution < -0.4 is 15.4 Å². The number of nitrogens with one attached hydrogen (secondary N) is 2. The summed E-state index contributed by atoms with van der Waals surface area (Å²) >= 11 is 0. The molecule has 1 aliphatic carbocycles. The van der Waals surface area contributed by atoms with Gasteiger partial charge in [0.2, 0.25) is 0 Å². The third-order valence-electron chi connectivity index (χ3n) is 3.38. The Kier molecular flexibility index (Phi) is 5.03. The number of amides is 2. The van der Waals surface area contributed by atoms with Crippen molar-refractivity contribution in [1.29, 1.82) is 0 Å². The highest BCUT2D eigenvalue weighted by atomic mass is 16.5. The van der Waals surface area contributed by atoms with E-state index in [0.717, 1.165) is 19.3 Å². The van der Waals surface area contributed by atoms with Crippen LogP contribution >= 0.6 is 0 Å². The summed E-state index contributed by atoms with van der Waals surface area (Å²) in [4.78, 5) is 22.4. The van der Waals surface area contributed by atoms with Gasteiger partial charge in [-0.1, -0.05) is 25.5 Å². The Morgan fingerprint density at radius 2 is 2.14 bits per heavy atom. The van der Waals surface area contributed by atoms with Gasteiger partial charge in [0, 0.05) is 6.04 Å². The zero-order valence-electron chi connectivity index (χ0n) is 12.0. The third kappa shape index (κ3) is 4.66. The summed E-state index contributed by atoms with van der Waals surface area (Å²) in [6.45, 7) is 1.69. The molecule has 0 aromatic heterocycles. The summed E-state index contributed by atoms with van der Waals surface area (Å²) in [6, 6.07) is 6.73. The molecular weight excluding hydrogens is 272 g/mol. The molecule has 2 rings (SSSR count). The normalized spacial score (nSPS) is 19.7. The van der Waals surface area contributed by atoms with Gasteiger partial charge in [-0.25, -0.2) is 9.59 Å². The molecule has 1 fully saturated rings. The van der Waals surface area contributed by atoms with Crippen LogP contribution in [0.5, 0.6) is 5.75 Å². The Labute approximate surface area is 123 Å². The minimum absolute atomic E-state index is 0.247. The molecule has 6 nitrogen and oxygen atoms in total. The molecule has 0 saturated heterocycles. The molecule has 2 unspecified atom stereocenters. The first-order chi connectivity index (χ1) is 10.1. The quantitative estimate of drug-likeness (QED) is 0.720. The molecule has 1 aliphatic rings. The lowest BCUT2D eigenvalue weighted by Gasteiger charge is -2.12. The fourth-order valence-corrected chi connectivity index (χ4v) is 2.28. The Bertz CT molecular complexity index is 518. The van der Waals surface area contributed by atoms with Crippen molar-refractivity contribution < 1.29 is 19.4 Å². The molecule has 3 N–H and O–H groups in total. The second-order valence-corrected chi connectivity index (χ2v) is 5.17. The van der Waals surface area contributed by atoms with Crippen LogP contribution in [0.2, 0.25) is 0 Å². The molecule has 1 saturated carbocycles. The number of anilines is 1. The number of hydrogen-bond donors (Lipinski definition) is 3. The van der Waals surface area contributed by atoms with E-state index in [1.165, 1.54) is 0 Å². The predicted molar refractivity (Wildman–Crippen MR) is 78.5 cm³/mol. The molecule has 6 heteroatoms. The minimum Gasteiger partial charge on any atom is -0.480 e. The van der Waals surface area contributed by atoms with Crippen LogP contribution in [-0.4, -0.2) is 29.8 Å². The van der Waals surface area contributed by atoms with Gasteiger partial charge in [0.1, 0.15) is 5.75 Å². The number of ether oxygens (including phenoxy) is 1. The maximum atomic E-state index is 11.9. The van der Waals surface area contributed by atoms with E-state index in [1.54, 1.807) is 24.3 Å². The maximum absolute atomic E-state index is 11.9. The summed E-state index contributed by atoms with van der Waals surface area (Å²) in [5.41, 5.74) is 0.462. The van der Waals surface area contributed by atoms with Crippen LogP contribution in [0, 0.1) is 5.92 Å². The van der Waals surface area contributed by atoms with E-state index in [1.807, 2.05) is 0 Å². The topological polar surface area (TPSA) is 87.7 Å². The van der Waals surface area contributed by atoms with Crippen LogP contribution in [0.25, 0.3) is 0 Å². The van der Waals surface area contributed by atoms with Gasteiger partial charge in [0.25, 0.3) is 0 Å². The van der Waals surface area contributed by atoms with E-state index in [0.29, 0.717) is 17.4 Å². The molecule has 0 aliphatic heterocycles. The van der Waals surface area contributed by atoms with Gasteiger partial charge >= 0.3 is 12.0 Å². The molecule has 1 aromatic rings. The van der Waals surface area contributed by atoms with Gasteiger partial charge in [0.15, 0.2) is 6.61 Å². The molecule has 114 valence electrons. The molecular formula is C15H20N2O4. The van der Waals surface area contributed by atoms with Gasteiger partial charge in [-0.2, -0.15) is 0 Å². The number of urea groups is 1. The molecule has 0 heterocycles. The standard InChI is InChI=1S/C15H20N2O4/c1-2-5-10-8-12(10)17-15(20)16-11-6-3-4-7-13(11)21-9-14(18)19/h3-4,6-7,10,12H,2,5,8-9H2,1H3,(H,18,19)(H2,16,17,20). The SMILES string of the molecule is CCCC1CC1NC(=O)Nc1ccccc1OCC(=O)O. The third-order valence-corrected chi connectivity index (χ3v) is 3.38. The van der Waals surface area contributed by atoms with Gasteiger partial charge in [-0.3, -0.25) is 0 Å². The lowest BCUT2D eigenvalue weighted by molar-refractivity contribution is -0.139. The number of rotatable bonds is 7. The summed E-state index contributed by atoms with van der Waals surface area (Å²) in [7, 11) is 0. The van der Waals surface area contributed by atoms with E-state index >= 15 is 0 Å². The Morgan fingerprint density at radius 1 is 1.38 bits per heavy atom. The van der Waals surface area contributed by atoms with E-state index in [9.17, 15) is 9.59 Å². The molecule has 2 amide bonds. The largest absolute Gasteiger partial charge is 0.480 e. The summed E-state index contributed by atoms with van der Waals surface area (Å²) in [5.74, 6) is -0.134. The number of para-hydroxylation sites is 2. The average Bonchev–Trinajstić information content (AvgIpc) is 3.15. The second kappa shape index (κ2) is 6.97. The van der Waals surface area contributed by atoms with Crippen LogP contribution in [-0.2, 0) is 4.79 Å². The molecule has 0 radical (unpaired) electrons. The van der Waals surface area contributed by atoms with E-state index in [4.69, 9.17) is 9.84 Å². The highest BCUT2D eigenvalue weighted by Gasteiger charge is 2.37. The summed E-state index contributed by atoms with van der Waals surface area (Å²) in [6.07, 6.45) is 3.28. The first-order valence-electron chi connectivity index (χ1n) is 7.11. The maximum Gasteiger partial charge on any atom is 0.341 e. The number of carboxylic acids is 1. The highest BCUT2D eigenvalue weighted by molar-refractivity contribution is 5.91. The predicted octanol–water partition coefficient (Wildman–Crippen LogP) is 2.46. The summed E-state index contributed by atoms with van der Waals surface area (Å²) < 4.78 is 5.14. The Hall–Kier alpha value is -2.24. The Balaban J connectivity index is 1.87. The van der Waals surface area contributed by atoms with Gasteiger partial charge < -0.3 is 20.5 Å². The minimum atomic E-state index is -1.06. The van der Waals surface area contributed by atoms with E-state index in [2.05, 4.69) is 17.6 Å². The monoisotopic (exact) mass is 292 g/mol. The van der Waals surface area contributed by atoms with Gasteiger partial charge in [-0.05, 0) is 30.9 Å². The van der Waals surface area contributed by atoms with Crippen molar-refractivity contribution in [1.82, 2.24) is 5.32 Å².